The molecule has 0 aromatic rings. The van der Waals surface area contributed by atoms with Crippen molar-refractivity contribution in [3.63, 3.8) is 0 Å². The molecule has 9 nitrogen and oxygen atoms in total. The van der Waals surface area contributed by atoms with Crippen molar-refractivity contribution in [2.24, 2.45) is 0 Å². The van der Waals surface area contributed by atoms with Crippen molar-refractivity contribution in [1.29, 1.82) is 0 Å². The highest BCUT2D eigenvalue weighted by molar-refractivity contribution is 7.47. The van der Waals surface area contributed by atoms with Crippen LogP contribution in [0.2, 0.25) is 0 Å². The molecule has 0 aliphatic heterocycles. The van der Waals surface area contributed by atoms with E-state index < -0.39 is 26.5 Å². The van der Waals surface area contributed by atoms with Crippen LogP contribution in [0.15, 0.2) is 36.5 Å². The molecule has 0 saturated heterocycles. The minimum absolute atomic E-state index is 0.0295. The van der Waals surface area contributed by atoms with E-state index in [9.17, 15) is 19.0 Å². The Bertz CT molecular complexity index is 1070. The van der Waals surface area contributed by atoms with Gasteiger partial charge in [0.15, 0.2) is 6.10 Å². The summed E-state index contributed by atoms with van der Waals surface area (Å²) in [5.41, 5.74) is 0. The van der Waals surface area contributed by atoms with Crippen molar-refractivity contribution < 1.29 is 42.1 Å². The highest BCUT2D eigenvalue weighted by Crippen LogP contribution is 2.43. The SMILES string of the molecule is CCCCC/C=C\C/C=C\CCCCCCCCCCCC(=O)O[C@H](COC(=O)CCCCCCC/C=C\CCCCCCC)COP(=O)(O)OCC[N+](C)(C)C. The van der Waals surface area contributed by atoms with Crippen molar-refractivity contribution >= 4 is 19.8 Å². The zero-order chi connectivity index (χ0) is 42.1. The predicted octanol–water partition coefficient (Wildman–Crippen LogP) is 13.3. The van der Waals surface area contributed by atoms with Gasteiger partial charge in [-0.2, -0.15) is 0 Å². The Hall–Kier alpha value is -1.77. The fourth-order valence-corrected chi connectivity index (χ4v) is 6.96. The number of phosphoric acid groups is 1. The largest absolute Gasteiger partial charge is 0.472 e. The summed E-state index contributed by atoms with van der Waals surface area (Å²) in [4.78, 5) is 35.4. The van der Waals surface area contributed by atoms with E-state index >= 15 is 0 Å². The summed E-state index contributed by atoms with van der Waals surface area (Å²) in [6.07, 6.45) is 44.7. The first-order valence-electron chi connectivity index (χ1n) is 23.2. The van der Waals surface area contributed by atoms with E-state index in [1.54, 1.807) is 0 Å². The van der Waals surface area contributed by atoms with Crippen LogP contribution in [0.3, 0.4) is 0 Å². The monoisotopic (exact) mass is 827 g/mol. The van der Waals surface area contributed by atoms with Gasteiger partial charge in [-0.05, 0) is 70.6 Å². The molecule has 10 heteroatoms. The molecule has 57 heavy (non-hydrogen) atoms. The quantitative estimate of drug-likeness (QED) is 0.0213. The highest BCUT2D eigenvalue weighted by atomic mass is 31.2. The first kappa shape index (κ1) is 55.2. The molecule has 0 fully saturated rings. The van der Waals surface area contributed by atoms with Crippen LogP contribution in [0, 0.1) is 0 Å². The number of allylic oxidation sites excluding steroid dienone is 6. The van der Waals surface area contributed by atoms with Crippen LogP contribution in [0.5, 0.6) is 0 Å². The van der Waals surface area contributed by atoms with E-state index in [-0.39, 0.29) is 32.0 Å². The topological polar surface area (TPSA) is 108 Å². The Morgan fingerprint density at radius 2 is 0.947 bits per heavy atom. The molecule has 0 rings (SSSR count). The molecule has 0 aliphatic rings. The van der Waals surface area contributed by atoms with Gasteiger partial charge in [0, 0.05) is 12.8 Å². The van der Waals surface area contributed by atoms with Gasteiger partial charge in [-0.1, -0.05) is 153 Å². The first-order valence-corrected chi connectivity index (χ1v) is 24.7. The lowest BCUT2D eigenvalue weighted by atomic mass is 10.1. The van der Waals surface area contributed by atoms with Gasteiger partial charge >= 0.3 is 19.8 Å². The Balaban J connectivity index is 4.33. The molecule has 1 unspecified atom stereocenters. The summed E-state index contributed by atoms with van der Waals surface area (Å²) in [5.74, 6) is -0.810. The average molecular weight is 827 g/mol. The van der Waals surface area contributed by atoms with Gasteiger partial charge in [0.25, 0.3) is 0 Å². The van der Waals surface area contributed by atoms with Gasteiger partial charge in [-0.25, -0.2) is 4.57 Å². The smallest absolute Gasteiger partial charge is 0.462 e. The number of nitrogens with zero attached hydrogens (tertiary/aromatic N) is 1. The lowest BCUT2D eigenvalue weighted by Crippen LogP contribution is -2.37. The third kappa shape index (κ3) is 43.6. The van der Waals surface area contributed by atoms with Crippen LogP contribution in [0.4, 0.5) is 0 Å². The second-order valence-corrected chi connectivity index (χ2v) is 18.2. The number of rotatable bonds is 42. The normalized spacial score (nSPS) is 13.9. The maximum Gasteiger partial charge on any atom is 0.472 e. The van der Waals surface area contributed by atoms with Crippen LogP contribution in [-0.2, 0) is 32.7 Å². The molecule has 0 saturated carbocycles. The van der Waals surface area contributed by atoms with Gasteiger partial charge in [0.1, 0.15) is 19.8 Å². The maximum absolute atomic E-state index is 12.7. The number of phosphoric ester groups is 1. The van der Waals surface area contributed by atoms with Gasteiger partial charge in [0.05, 0.1) is 27.7 Å². The van der Waals surface area contributed by atoms with E-state index in [1.165, 1.54) is 96.3 Å². The summed E-state index contributed by atoms with van der Waals surface area (Å²) < 4.78 is 34.3. The minimum atomic E-state index is -4.38. The van der Waals surface area contributed by atoms with E-state index in [0.717, 1.165) is 70.6 Å². The average Bonchev–Trinajstić information content (AvgIpc) is 3.16. The van der Waals surface area contributed by atoms with E-state index in [0.29, 0.717) is 17.4 Å². The highest BCUT2D eigenvalue weighted by Gasteiger charge is 2.27. The van der Waals surface area contributed by atoms with Crippen molar-refractivity contribution in [2.45, 2.75) is 206 Å². The van der Waals surface area contributed by atoms with Crippen LogP contribution >= 0.6 is 7.82 Å². The zero-order valence-electron chi connectivity index (χ0n) is 37.6. The molecule has 0 amide bonds. The minimum Gasteiger partial charge on any atom is -0.462 e. The predicted molar refractivity (Wildman–Crippen MR) is 238 cm³/mol. The molecule has 0 aliphatic carbocycles. The summed E-state index contributed by atoms with van der Waals surface area (Å²) >= 11 is 0. The molecule has 0 spiro atoms. The number of unbranched alkanes of at least 4 members (excludes halogenated alkanes) is 22. The van der Waals surface area contributed by atoms with Crippen molar-refractivity contribution in [1.82, 2.24) is 0 Å². The molecule has 334 valence electrons. The summed E-state index contributed by atoms with van der Waals surface area (Å²) in [6.45, 7) is 4.38. The number of hydrogen-bond donors (Lipinski definition) is 1. The lowest BCUT2D eigenvalue weighted by Gasteiger charge is -2.24. The second kappa shape index (κ2) is 39.7. The molecule has 0 aromatic heterocycles. The maximum atomic E-state index is 12.7. The van der Waals surface area contributed by atoms with Crippen LogP contribution in [-0.4, -0.2) is 74.9 Å². The Morgan fingerprint density at radius 1 is 0.544 bits per heavy atom. The summed E-state index contributed by atoms with van der Waals surface area (Å²) in [6, 6.07) is 0. The molecule has 0 radical (unpaired) electrons. The van der Waals surface area contributed by atoms with E-state index in [4.69, 9.17) is 18.5 Å². The molecular formula is C47H89NO8P+. The fourth-order valence-electron chi connectivity index (χ4n) is 6.21. The first-order chi connectivity index (χ1) is 27.5. The third-order valence-electron chi connectivity index (χ3n) is 9.89. The summed E-state index contributed by atoms with van der Waals surface area (Å²) in [7, 11) is 1.47. The molecular weight excluding hydrogens is 737 g/mol. The van der Waals surface area contributed by atoms with Gasteiger partial charge in [-0.3, -0.25) is 18.6 Å². The number of carbonyl (C=O) groups excluding carboxylic acids is 2. The van der Waals surface area contributed by atoms with Crippen molar-refractivity contribution in [2.75, 3.05) is 47.5 Å². The lowest BCUT2D eigenvalue weighted by molar-refractivity contribution is -0.870. The number of esters is 2. The van der Waals surface area contributed by atoms with Crippen LogP contribution in [0.1, 0.15) is 200 Å². The summed E-state index contributed by atoms with van der Waals surface area (Å²) in [5, 5.41) is 0. The zero-order valence-corrected chi connectivity index (χ0v) is 38.5. The van der Waals surface area contributed by atoms with E-state index in [1.807, 2.05) is 21.1 Å². The van der Waals surface area contributed by atoms with Gasteiger partial charge in [0.2, 0.25) is 0 Å². The number of likely N-dealkylation sites (N-methyl/N-ethyl adjacent to an activating group) is 1. The van der Waals surface area contributed by atoms with E-state index in [2.05, 4.69) is 50.3 Å². The van der Waals surface area contributed by atoms with Crippen LogP contribution < -0.4 is 0 Å². The third-order valence-corrected chi connectivity index (χ3v) is 10.9. The van der Waals surface area contributed by atoms with Crippen molar-refractivity contribution in [3.8, 4) is 0 Å². The van der Waals surface area contributed by atoms with Gasteiger partial charge < -0.3 is 18.9 Å². The number of hydrogen-bond acceptors (Lipinski definition) is 7. The standard InChI is InChI=1S/C47H88NO8P/c1-6-8-10-12-14-16-18-20-22-23-24-25-26-28-30-32-34-36-38-40-47(50)56-45(44-55-57(51,52)54-42-41-48(3,4)5)43-53-46(49)39-37-35-33-31-29-27-21-19-17-15-13-11-9-7-2/h14,16,19-22,45H,6-13,15,17-18,23-44H2,1-5H3/p+1/b16-14-,21-19-,22-20-/t45-/m1/s1. The Labute approximate surface area is 351 Å². The molecule has 0 heterocycles. The molecule has 2 atom stereocenters. The number of ether oxygens (including phenoxy) is 2. The Kier molecular flexibility index (Phi) is 38.4. The molecule has 0 aromatic carbocycles. The second-order valence-electron chi connectivity index (χ2n) is 16.8. The van der Waals surface area contributed by atoms with Crippen molar-refractivity contribution in [3.05, 3.63) is 36.5 Å². The Morgan fingerprint density at radius 3 is 1.44 bits per heavy atom. The van der Waals surface area contributed by atoms with Gasteiger partial charge in [-0.15, -0.1) is 0 Å². The van der Waals surface area contributed by atoms with Crippen LogP contribution in [0.25, 0.3) is 0 Å². The molecule has 1 N–H and O–H groups in total. The number of quaternary nitrogens is 1. The molecule has 0 bridgehead atoms. The fraction of sp³-hybridized carbons (Fsp3) is 0.830. The number of carbonyl (C=O) groups is 2.